The first-order valence-corrected chi connectivity index (χ1v) is 13.4. The highest BCUT2D eigenvalue weighted by atomic mass is 79.9. The van der Waals surface area contributed by atoms with Crippen molar-refractivity contribution in [3.63, 3.8) is 0 Å². The second kappa shape index (κ2) is 9.17. The van der Waals surface area contributed by atoms with Gasteiger partial charge in [-0.25, -0.2) is 13.4 Å². The van der Waals surface area contributed by atoms with E-state index in [4.69, 9.17) is 28.2 Å². The Balaban J connectivity index is 1.40. The van der Waals surface area contributed by atoms with Crippen LogP contribution >= 0.6 is 50.5 Å². The van der Waals surface area contributed by atoms with Crippen LogP contribution in [-0.2, 0) is 16.3 Å². The van der Waals surface area contributed by atoms with Crippen LogP contribution in [-0.4, -0.2) is 31.7 Å². The highest BCUT2D eigenvalue weighted by Gasteiger charge is 2.32. The van der Waals surface area contributed by atoms with Crippen molar-refractivity contribution in [1.29, 1.82) is 0 Å². The van der Waals surface area contributed by atoms with Crippen molar-refractivity contribution in [1.82, 2.24) is 4.98 Å². The first kappa shape index (κ1) is 22.1. The van der Waals surface area contributed by atoms with E-state index in [-0.39, 0.29) is 5.25 Å². The molecule has 0 saturated carbocycles. The molecule has 4 nitrogen and oxygen atoms in total. The topological polar surface area (TPSA) is 50.3 Å². The number of benzene rings is 2. The maximum atomic E-state index is 12.9. The van der Waals surface area contributed by atoms with Gasteiger partial charge in [-0.3, -0.25) is 0 Å². The second-order valence-corrected chi connectivity index (χ2v) is 12.1. The molecule has 0 N–H and O–H groups in total. The van der Waals surface area contributed by atoms with Gasteiger partial charge in [0.15, 0.2) is 15.0 Å². The SMILES string of the molecule is O=S(=O)(c1ccc(Br)cc1)C1CCN(c2nc(Cc3cc(Cl)cc(Cl)c3)cs2)CC1. The van der Waals surface area contributed by atoms with Crippen molar-refractivity contribution in [3.05, 3.63) is 73.6 Å². The molecule has 3 aromatic rings. The molecule has 9 heteroatoms. The normalized spacial score (nSPS) is 15.5. The minimum absolute atomic E-state index is 0.358. The lowest BCUT2D eigenvalue weighted by atomic mass is 10.1. The molecule has 1 aliphatic heterocycles. The Labute approximate surface area is 198 Å². The number of rotatable bonds is 5. The van der Waals surface area contributed by atoms with Gasteiger partial charge >= 0.3 is 0 Å². The lowest BCUT2D eigenvalue weighted by Crippen LogP contribution is -2.39. The predicted octanol–water partition coefficient (Wildman–Crippen LogP) is 6.25. The summed E-state index contributed by atoms with van der Waals surface area (Å²) in [4.78, 5) is 7.31. The van der Waals surface area contributed by atoms with E-state index in [0.29, 0.717) is 47.3 Å². The second-order valence-electron chi connectivity index (χ2n) is 7.26. The number of halogens is 3. The molecule has 1 fully saturated rings. The Morgan fingerprint density at radius 1 is 1.07 bits per heavy atom. The number of nitrogens with zero attached hydrogens (tertiary/aromatic N) is 2. The van der Waals surface area contributed by atoms with Crippen LogP contribution < -0.4 is 4.90 Å². The zero-order valence-electron chi connectivity index (χ0n) is 15.9. The fourth-order valence-electron chi connectivity index (χ4n) is 3.62. The van der Waals surface area contributed by atoms with Crippen molar-refractivity contribution < 1.29 is 8.42 Å². The van der Waals surface area contributed by atoms with Gasteiger partial charge in [-0.05, 0) is 60.9 Å². The summed E-state index contributed by atoms with van der Waals surface area (Å²) in [5.41, 5.74) is 1.97. The van der Waals surface area contributed by atoms with E-state index >= 15 is 0 Å². The highest BCUT2D eigenvalue weighted by molar-refractivity contribution is 9.10. The summed E-state index contributed by atoms with van der Waals surface area (Å²) in [5.74, 6) is 0. The molecule has 158 valence electrons. The zero-order valence-corrected chi connectivity index (χ0v) is 20.6. The molecule has 0 bridgehead atoms. The van der Waals surface area contributed by atoms with Gasteiger partial charge in [-0.15, -0.1) is 11.3 Å². The first-order valence-electron chi connectivity index (χ1n) is 9.45. The van der Waals surface area contributed by atoms with E-state index in [9.17, 15) is 8.42 Å². The monoisotopic (exact) mass is 544 g/mol. The molecule has 0 unspecified atom stereocenters. The minimum Gasteiger partial charge on any atom is -0.348 e. The van der Waals surface area contributed by atoms with E-state index in [1.54, 1.807) is 41.7 Å². The molecule has 1 aliphatic rings. The number of thiazole rings is 1. The lowest BCUT2D eigenvalue weighted by Gasteiger charge is -2.31. The molecule has 1 aromatic heterocycles. The number of hydrogen-bond acceptors (Lipinski definition) is 5. The molecule has 0 spiro atoms. The summed E-state index contributed by atoms with van der Waals surface area (Å²) in [5, 5.41) is 3.83. The Kier molecular flexibility index (Phi) is 6.75. The van der Waals surface area contributed by atoms with Crippen LogP contribution in [0.3, 0.4) is 0 Å². The molecule has 0 radical (unpaired) electrons. The molecular weight excluding hydrogens is 527 g/mol. The van der Waals surface area contributed by atoms with Crippen LogP contribution in [0, 0.1) is 0 Å². The molecule has 0 atom stereocenters. The number of aromatic nitrogens is 1. The van der Waals surface area contributed by atoms with Crippen LogP contribution in [0.5, 0.6) is 0 Å². The smallest absolute Gasteiger partial charge is 0.185 e. The average molecular weight is 546 g/mol. The minimum atomic E-state index is -3.32. The predicted molar refractivity (Wildman–Crippen MR) is 128 cm³/mol. The summed E-state index contributed by atoms with van der Waals surface area (Å²) >= 11 is 17.1. The molecule has 0 aliphatic carbocycles. The number of hydrogen-bond donors (Lipinski definition) is 0. The fraction of sp³-hybridized carbons (Fsp3) is 0.286. The maximum absolute atomic E-state index is 12.9. The maximum Gasteiger partial charge on any atom is 0.185 e. The number of piperidine rings is 1. The lowest BCUT2D eigenvalue weighted by molar-refractivity contribution is 0.529. The third-order valence-corrected chi connectivity index (χ3v) is 9.33. The van der Waals surface area contributed by atoms with E-state index < -0.39 is 9.84 Å². The van der Waals surface area contributed by atoms with Crippen molar-refractivity contribution in [2.24, 2.45) is 0 Å². The van der Waals surface area contributed by atoms with Gasteiger partial charge in [0, 0.05) is 39.4 Å². The Hall–Kier alpha value is -1.12. The van der Waals surface area contributed by atoms with Gasteiger partial charge in [-0.2, -0.15) is 0 Å². The number of sulfone groups is 1. The summed E-state index contributed by atoms with van der Waals surface area (Å²) in [6, 6.07) is 12.4. The van der Waals surface area contributed by atoms with Crippen LogP contribution in [0.1, 0.15) is 24.1 Å². The molecule has 2 aromatic carbocycles. The summed E-state index contributed by atoms with van der Waals surface area (Å²) in [7, 11) is -3.32. The third-order valence-electron chi connectivity index (χ3n) is 5.14. The van der Waals surface area contributed by atoms with Gasteiger partial charge < -0.3 is 4.90 Å². The molecule has 30 heavy (non-hydrogen) atoms. The van der Waals surface area contributed by atoms with Gasteiger partial charge in [-0.1, -0.05) is 39.1 Å². The highest BCUT2D eigenvalue weighted by Crippen LogP contribution is 2.30. The third kappa shape index (κ3) is 5.02. The number of anilines is 1. The van der Waals surface area contributed by atoms with Crippen LogP contribution in [0.2, 0.25) is 10.0 Å². The summed E-state index contributed by atoms with van der Waals surface area (Å²) < 4.78 is 26.7. The summed E-state index contributed by atoms with van der Waals surface area (Å²) in [6.07, 6.45) is 1.85. The van der Waals surface area contributed by atoms with Gasteiger partial charge in [0.2, 0.25) is 0 Å². The Morgan fingerprint density at radius 2 is 1.70 bits per heavy atom. The van der Waals surface area contributed by atoms with Crippen LogP contribution in [0.4, 0.5) is 5.13 Å². The van der Waals surface area contributed by atoms with Crippen LogP contribution in [0.15, 0.2) is 57.2 Å². The fourth-order valence-corrected chi connectivity index (χ4v) is 7.07. The largest absolute Gasteiger partial charge is 0.348 e. The van der Waals surface area contributed by atoms with Gasteiger partial charge in [0.25, 0.3) is 0 Å². The molecular formula is C21H19BrCl2N2O2S2. The average Bonchev–Trinajstić information content (AvgIpc) is 3.16. The van der Waals surface area contributed by atoms with Crippen molar-refractivity contribution in [2.45, 2.75) is 29.4 Å². The first-order chi connectivity index (χ1) is 14.3. The molecule has 1 saturated heterocycles. The van der Waals surface area contributed by atoms with Gasteiger partial charge in [0.05, 0.1) is 15.8 Å². The van der Waals surface area contributed by atoms with Gasteiger partial charge in [0.1, 0.15) is 0 Å². The zero-order chi connectivity index (χ0) is 21.3. The quantitative estimate of drug-likeness (QED) is 0.380. The van der Waals surface area contributed by atoms with Crippen LogP contribution in [0.25, 0.3) is 0 Å². The van der Waals surface area contributed by atoms with Crippen molar-refractivity contribution in [3.8, 4) is 0 Å². The molecule has 0 amide bonds. The van der Waals surface area contributed by atoms with Crippen molar-refractivity contribution >= 4 is 65.4 Å². The molecule has 2 heterocycles. The summed E-state index contributed by atoms with van der Waals surface area (Å²) in [6.45, 7) is 1.35. The van der Waals surface area contributed by atoms with E-state index in [1.165, 1.54) is 0 Å². The Morgan fingerprint density at radius 3 is 2.33 bits per heavy atom. The Bertz CT molecular complexity index is 1120. The van der Waals surface area contributed by atoms with E-state index in [1.807, 2.05) is 17.5 Å². The standard InChI is InChI=1S/C21H19BrCl2N2O2S2/c22-15-1-3-19(4-2-15)30(27,28)20-5-7-26(8-6-20)21-25-18(13-29-21)11-14-9-16(23)12-17(24)10-14/h1-4,9-10,12-13,20H,5-8,11H2. The van der Waals surface area contributed by atoms with Crippen molar-refractivity contribution in [2.75, 3.05) is 18.0 Å². The molecule has 4 rings (SSSR count). The van der Waals surface area contributed by atoms with E-state index in [0.717, 1.165) is 20.9 Å². The van der Waals surface area contributed by atoms with E-state index in [2.05, 4.69) is 20.8 Å².